The fourth-order valence-electron chi connectivity index (χ4n) is 2.59. The van der Waals surface area contributed by atoms with Crippen molar-refractivity contribution in [2.45, 2.75) is 31.0 Å². The second-order valence-corrected chi connectivity index (χ2v) is 8.09. The lowest BCUT2D eigenvalue weighted by Gasteiger charge is -2.26. The highest BCUT2D eigenvalue weighted by Crippen LogP contribution is 2.42. The molecule has 2 aromatic rings. The monoisotopic (exact) mass is 360 g/mol. The van der Waals surface area contributed by atoms with Crippen molar-refractivity contribution in [3.8, 4) is 0 Å². The molecule has 126 valence electrons. The molecule has 0 bridgehead atoms. The SMILES string of the molecule is CCc1cc2c(s1)SCC(=O)N2CC(=O)NCc1ccccc1C. The van der Waals surface area contributed by atoms with Crippen molar-refractivity contribution >= 4 is 40.6 Å². The Balaban J connectivity index is 1.67. The predicted molar refractivity (Wildman–Crippen MR) is 99.8 cm³/mol. The first-order valence-electron chi connectivity index (χ1n) is 7.95. The Kier molecular flexibility index (Phi) is 5.26. The van der Waals surface area contributed by atoms with Gasteiger partial charge in [0.25, 0.3) is 0 Å². The van der Waals surface area contributed by atoms with Gasteiger partial charge in [-0.05, 0) is 30.5 Å². The van der Waals surface area contributed by atoms with Crippen LogP contribution in [0, 0.1) is 6.92 Å². The normalized spacial score (nSPS) is 13.8. The van der Waals surface area contributed by atoms with Gasteiger partial charge in [0.1, 0.15) is 6.54 Å². The fraction of sp³-hybridized carbons (Fsp3) is 0.333. The number of hydrogen-bond acceptors (Lipinski definition) is 4. The van der Waals surface area contributed by atoms with Crippen LogP contribution in [0.15, 0.2) is 34.5 Å². The topological polar surface area (TPSA) is 49.4 Å². The lowest BCUT2D eigenvalue weighted by Crippen LogP contribution is -2.42. The van der Waals surface area contributed by atoms with E-state index < -0.39 is 0 Å². The van der Waals surface area contributed by atoms with E-state index in [1.54, 1.807) is 28.0 Å². The Morgan fingerprint density at radius 2 is 2.12 bits per heavy atom. The molecular formula is C18H20N2O2S2. The number of anilines is 1. The predicted octanol–water partition coefficient (Wildman–Crippen LogP) is 3.37. The van der Waals surface area contributed by atoms with Crippen LogP contribution in [0.1, 0.15) is 22.9 Å². The minimum Gasteiger partial charge on any atom is -0.350 e. The maximum absolute atomic E-state index is 12.3. The molecule has 3 rings (SSSR count). The van der Waals surface area contributed by atoms with Crippen molar-refractivity contribution in [2.24, 2.45) is 0 Å². The van der Waals surface area contributed by atoms with Gasteiger partial charge in [-0.3, -0.25) is 9.59 Å². The summed E-state index contributed by atoms with van der Waals surface area (Å²) in [5, 5.41) is 2.92. The molecule has 1 aromatic heterocycles. The lowest BCUT2D eigenvalue weighted by molar-refractivity contribution is -0.123. The third-order valence-corrected chi connectivity index (χ3v) is 6.57. The molecule has 0 atom stereocenters. The number of amides is 2. The van der Waals surface area contributed by atoms with Gasteiger partial charge in [0.15, 0.2) is 0 Å². The van der Waals surface area contributed by atoms with Gasteiger partial charge in [0.05, 0.1) is 15.6 Å². The van der Waals surface area contributed by atoms with Crippen molar-refractivity contribution in [1.29, 1.82) is 0 Å². The van der Waals surface area contributed by atoms with Gasteiger partial charge >= 0.3 is 0 Å². The van der Waals surface area contributed by atoms with E-state index in [1.807, 2.05) is 37.3 Å². The number of rotatable bonds is 5. The van der Waals surface area contributed by atoms with Crippen LogP contribution in [-0.2, 0) is 22.6 Å². The van der Waals surface area contributed by atoms with Crippen molar-refractivity contribution < 1.29 is 9.59 Å². The molecule has 24 heavy (non-hydrogen) atoms. The van der Waals surface area contributed by atoms with E-state index in [9.17, 15) is 9.59 Å². The first-order valence-corrected chi connectivity index (χ1v) is 9.75. The number of carbonyl (C=O) groups is 2. The summed E-state index contributed by atoms with van der Waals surface area (Å²) in [6.45, 7) is 4.69. The minimum absolute atomic E-state index is 0.000931. The van der Waals surface area contributed by atoms with Gasteiger partial charge in [-0.1, -0.05) is 31.2 Å². The lowest BCUT2D eigenvalue weighted by atomic mass is 10.1. The first kappa shape index (κ1) is 17.0. The summed E-state index contributed by atoms with van der Waals surface area (Å²) < 4.78 is 1.14. The zero-order chi connectivity index (χ0) is 17.1. The molecule has 4 nitrogen and oxygen atoms in total. The molecule has 0 aliphatic carbocycles. The highest BCUT2D eigenvalue weighted by molar-refractivity contribution is 8.02. The van der Waals surface area contributed by atoms with Crippen LogP contribution in [0.4, 0.5) is 5.69 Å². The molecule has 1 aliphatic heterocycles. The number of nitrogens with one attached hydrogen (secondary N) is 1. The summed E-state index contributed by atoms with van der Waals surface area (Å²) in [4.78, 5) is 27.4. The zero-order valence-corrected chi connectivity index (χ0v) is 15.4. The molecule has 0 saturated carbocycles. The number of benzene rings is 1. The van der Waals surface area contributed by atoms with Crippen LogP contribution in [0.2, 0.25) is 0 Å². The zero-order valence-electron chi connectivity index (χ0n) is 13.8. The second kappa shape index (κ2) is 7.40. The number of aryl methyl sites for hydroxylation is 2. The van der Waals surface area contributed by atoms with Gasteiger partial charge in [-0.25, -0.2) is 0 Å². The molecule has 0 spiro atoms. The largest absolute Gasteiger partial charge is 0.350 e. The third-order valence-electron chi connectivity index (χ3n) is 4.04. The van der Waals surface area contributed by atoms with Crippen LogP contribution < -0.4 is 10.2 Å². The van der Waals surface area contributed by atoms with Crippen LogP contribution in [0.5, 0.6) is 0 Å². The van der Waals surface area contributed by atoms with Gasteiger partial charge < -0.3 is 10.2 Å². The van der Waals surface area contributed by atoms with Gasteiger partial charge in [-0.15, -0.1) is 23.1 Å². The average Bonchev–Trinajstić information content (AvgIpc) is 3.00. The number of thiophene rings is 1. The molecule has 1 aliphatic rings. The van der Waals surface area contributed by atoms with E-state index >= 15 is 0 Å². The quantitative estimate of drug-likeness (QED) is 0.889. The Morgan fingerprint density at radius 1 is 1.33 bits per heavy atom. The minimum atomic E-state index is -0.131. The summed E-state index contributed by atoms with van der Waals surface area (Å²) in [5.41, 5.74) is 3.14. The summed E-state index contributed by atoms with van der Waals surface area (Å²) in [6.07, 6.45) is 0.944. The van der Waals surface area contributed by atoms with E-state index in [-0.39, 0.29) is 18.4 Å². The average molecular weight is 361 g/mol. The highest BCUT2D eigenvalue weighted by atomic mass is 32.2. The summed E-state index contributed by atoms with van der Waals surface area (Å²) in [6, 6.07) is 10.0. The smallest absolute Gasteiger partial charge is 0.240 e. The number of nitrogens with zero attached hydrogens (tertiary/aromatic N) is 1. The molecule has 1 aromatic carbocycles. The Labute approximate surface area is 150 Å². The van der Waals surface area contributed by atoms with Crippen LogP contribution >= 0.6 is 23.1 Å². The number of thioether (sulfide) groups is 1. The van der Waals surface area contributed by atoms with E-state index in [4.69, 9.17) is 0 Å². The van der Waals surface area contributed by atoms with Gasteiger partial charge in [0.2, 0.25) is 11.8 Å². The Hall–Kier alpha value is -1.79. The van der Waals surface area contributed by atoms with E-state index in [0.717, 1.165) is 27.4 Å². The number of fused-ring (bicyclic) bond motifs is 1. The summed E-state index contributed by atoms with van der Waals surface area (Å²) in [7, 11) is 0. The fourth-order valence-corrected chi connectivity index (χ4v) is 4.88. The summed E-state index contributed by atoms with van der Waals surface area (Å²) >= 11 is 3.29. The van der Waals surface area contributed by atoms with E-state index in [1.165, 1.54) is 4.88 Å². The number of carbonyl (C=O) groups excluding carboxylic acids is 2. The van der Waals surface area contributed by atoms with Crippen LogP contribution in [0.3, 0.4) is 0 Å². The maximum atomic E-state index is 12.3. The molecule has 0 fully saturated rings. The molecule has 6 heteroatoms. The first-order chi connectivity index (χ1) is 11.6. The highest BCUT2D eigenvalue weighted by Gasteiger charge is 2.28. The third kappa shape index (κ3) is 3.65. The molecule has 1 N–H and O–H groups in total. The molecule has 0 radical (unpaired) electrons. The molecule has 0 unspecified atom stereocenters. The second-order valence-electron chi connectivity index (χ2n) is 5.71. The van der Waals surface area contributed by atoms with Crippen molar-refractivity contribution in [3.05, 3.63) is 46.3 Å². The number of hydrogen-bond donors (Lipinski definition) is 1. The summed E-state index contributed by atoms with van der Waals surface area (Å²) in [5.74, 6) is 0.273. The standard InChI is InChI=1S/C18H20N2O2S2/c1-3-14-8-15-18(24-14)23-11-17(22)20(15)10-16(21)19-9-13-7-5-4-6-12(13)2/h4-8H,3,9-11H2,1-2H3,(H,19,21). The van der Waals surface area contributed by atoms with Crippen molar-refractivity contribution in [3.63, 3.8) is 0 Å². The van der Waals surface area contributed by atoms with Gasteiger partial charge in [-0.2, -0.15) is 0 Å². The van der Waals surface area contributed by atoms with Crippen molar-refractivity contribution in [1.82, 2.24) is 5.32 Å². The van der Waals surface area contributed by atoms with Crippen LogP contribution in [0.25, 0.3) is 0 Å². The van der Waals surface area contributed by atoms with Crippen LogP contribution in [-0.4, -0.2) is 24.1 Å². The molecule has 2 amide bonds. The Bertz CT molecular complexity index is 770. The Morgan fingerprint density at radius 3 is 2.88 bits per heavy atom. The van der Waals surface area contributed by atoms with E-state index in [0.29, 0.717) is 12.3 Å². The van der Waals surface area contributed by atoms with Gasteiger partial charge in [0, 0.05) is 11.4 Å². The molecular weight excluding hydrogens is 340 g/mol. The van der Waals surface area contributed by atoms with Crippen molar-refractivity contribution in [2.75, 3.05) is 17.2 Å². The molecule has 0 saturated heterocycles. The van der Waals surface area contributed by atoms with E-state index in [2.05, 4.69) is 12.2 Å². The maximum Gasteiger partial charge on any atom is 0.240 e. The molecule has 2 heterocycles.